The van der Waals surface area contributed by atoms with Gasteiger partial charge in [-0.15, -0.1) is 0 Å². The second-order valence-electron chi connectivity index (χ2n) is 7.51. The highest BCUT2D eigenvalue weighted by Crippen LogP contribution is 2.39. The molecule has 0 spiro atoms. The Labute approximate surface area is 155 Å². The zero-order valence-electron chi connectivity index (χ0n) is 15.5. The molecular formula is C19H21F2N3O3. The van der Waals surface area contributed by atoms with Crippen LogP contribution in [0, 0.1) is 17.0 Å². The minimum absolute atomic E-state index is 0.0421. The van der Waals surface area contributed by atoms with Gasteiger partial charge in [-0.2, -0.15) is 0 Å². The third-order valence-corrected chi connectivity index (χ3v) is 3.64. The minimum atomic E-state index is -0.727. The van der Waals surface area contributed by atoms with Crippen molar-refractivity contribution in [3.05, 3.63) is 41.6 Å². The summed E-state index contributed by atoms with van der Waals surface area (Å²) < 4.78 is 37.9. The van der Waals surface area contributed by atoms with Crippen LogP contribution in [-0.4, -0.2) is 23.7 Å². The Balaban J connectivity index is 1.92. The van der Waals surface area contributed by atoms with Gasteiger partial charge in [0.2, 0.25) is 6.29 Å². The molecule has 144 valence electrons. The number of hydrogen-bond acceptors (Lipinski definition) is 5. The molecule has 0 radical (unpaired) electrons. The molecule has 0 saturated carbocycles. The fourth-order valence-corrected chi connectivity index (χ4v) is 2.50. The molecule has 8 heteroatoms. The molecule has 0 saturated heterocycles. The molecule has 3 rings (SSSR count). The van der Waals surface area contributed by atoms with Crippen molar-refractivity contribution in [2.75, 3.05) is 11.9 Å². The standard InChI is InChI=1S/C19H21F2N3O3/c1-10-26-14-8-15(23-13-6-11(20)5-12(21)7-13)24-16(17(14)27-10)18(25)22-9-19(2,3)4/h5-8,10H,9H2,1-4H3,(H,22,25)(H,23,24). The van der Waals surface area contributed by atoms with Gasteiger partial charge in [0.05, 0.1) is 0 Å². The molecule has 2 aromatic rings. The number of pyridine rings is 1. The van der Waals surface area contributed by atoms with Crippen LogP contribution in [0.5, 0.6) is 11.5 Å². The Morgan fingerprint density at radius 2 is 1.81 bits per heavy atom. The van der Waals surface area contributed by atoms with Crippen molar-refractivity contribution < 1.29 is 23.0 Å². The van der Waals surface area contributed by atoms with Crippen molar-refractivity contribution in [2.24, 2.45) is 5.41 Å². The number of nitrogens with zero attached hydrogens (tertiary/aromatic N) is 1. The first-order valence-electron chi connectivity index (χ1n) is 8.50. The number of carbonyl (C=O) groups is 1. The smallest absolute Gasteiger partial charge is 0.274 e. The van der Waals surface area contributed by atoms with E-state index in [1.807, 2.05) is 20.8 Å². The van der Waals surface area contributed by atoms with Crippen LogP contribution in [-0.2, 0) is 0 Å². The Hall–Kier alpha value is -2.90. The van der Waals surface area contributed by atoms with Crippen LogP contribution in [0.1, 0.15) is 38.2 Å². The molecule has 0 fully saturated rings. The number of amides is 1. The van der Waals surface area contributed by atoms with Crippen LogP contribution in [0.25, 0.3) is 0 Å². The van der Waals surface area contributed by atoms with Gasteiger partial charge in [0.1, 0.15) is 17.5 Å². The van der Waals surface area contributed by atoms with Gasteiger partial charge in [-0.1, -0.05) is 20.8 Å². The second kappa shape index (κ2) is 7.02. The topological polar surface area (TPSA) is 72.5 Å². The molecule has 6 nitrogen and oxygen atoms in total. The number of anilines is 2. The quantitative estimate of drug-likeness (QED) is 0.843. The Morgan fingerprint density at radius 1 is 1.15 bits per heavy atom. The average Bonchev–Trinajstić information content (AvgIpc) is 2.90. The summed E-state index contributed by atoms with van der Waals surface area (Å²) in [5.41, 5.74) is 0.0896. The van der Waals surface area contributed by atoms with Crippen molar-refractivity contribution in [1.29, 1.82) is 0 Å². The number of carbonyl (C=O) groups excluding carboxylic acids is 1. The number of nitrogens with one attached hydrogen (secondary N) is 2. The first-order valence-corrected chi connectivity index (χ1v) is 8.50. The number of rotatable bonds is 4. The highest BCUT2D eigenvalue weighted by Gasteiger charge is 2.29. The molecule has 1 amide bonds. The summed E-state index contributed by atoms with van der Waals surface area (Å²) in [7, 11) is 0. The first-order chi connectivity index (χ1) is 12.6. The van der Waals surface area contributed by atoms with E-state index < -0.39 is 23.8 Å². The SMILES string of the molecule is CC1Oc2cc(Nc3cc(F)cc(F)c3)nc(C(=O)NCC(C)(C)C)c2O1. The Kier molecular flexibility index (Phi) is 4.91. The molecule has 1 aromatic carbocycles. The summed E-state index contributed by atoms with van der Waals surface area (Å²) in [6, 6.07) is 4.53. The molecule has 1 unspecified atom stereocenters. The van der Waals surface area contributed by atoms with Crippen LogP contribution >= 0.6 is 0 Å². The molecule has 1 atom stereocenters. The summed E-state index contributed by atoms with van der Waals surface area (Å²) in [5, 5.41) is 5.60. The lowest BCUT2D eigenvalue weighted by molar-refractivity contribution is 0.0666. The van der Waals surface area contributed by atoms with Crippen LogP contribution in [0.2, 0.25) is 0 Å². The first kappa shape index (κ1) is 18.9. The molecule has 2 heterocycles. The van der Waals surface area contributed by atoms with E-state index in [1.165, 1.54) is 6.07 Å². The normalized spacial score (nSPS) is 15.6. The van der Waals surface area contributed by atoms with E-state index in [9.17, 15) is 13.6 Å². The number of hydrogen-bond donors (Lipinski definition) is 2. The van der Waals surface area contributed by atoms with Crippen molar-refractivity contribution in [3.8, 4) is 11.5 Å². The van der Waals surface area contributed by atoms with E-state index in [1.54, 1.807) is 6.92 Å². The summed E-state index contributed by atoms with van der Waals surface area (Å²) in [6.45, 7) is 8.09. The van der Waals surface area contributed by atoms with Crippen molar-refractivity contribution in [2.45, 2.75) is 34.0 Å². The van der Waals surface area contributed by atoms with Gasteiger partial charge < -0.3 is 20.1 Å². The van der Waals surface area contributed by atoms with Gasteiger partial charge in [0.25, 0.3) is 5.91 Å². The molecule has 27 heavy (non-hydrogen) atoms. The van der Waals surface area contributed by atoms with Gasteiger partial charge in [-0.3, -0.25) is 4.79 Å². The van der Waals surface area contributed by atoms with E-state index in [-0.39, 0.29) is 28.4 Å². The summed E-state index contributed by atoms with van der Waals surface area (Å²) >= 11 is 0. The van der Waals surface area contributed by atoms with E-state index in [4.69, 9.17) is 9.47 Å². The second-order valence-corrected chi connectivity index (χ2v) is 7.51. The Morgan fingerprint density at radius 3 is 2.44 bits per heavy atom. The summed E-state index contributed by atoms with van der Waals surface area (Å²) in [5.74, 6) is -1.10. The highest BCUT2D eigenvalue weighted by atomic mass is 19.1. The lowest BCUT2D eigenvalue weighted by Crippen LogP contribution is -2.33. The van der Waals surface area contributed by atoms with E-state index in [0.717, 1.165) is 18.2 Å². The molecular weight excluding hydrogens is 356 g/mol. The van der Waals surface area contributed by atoms with Crippen LogP contribution in [0.4, 0.5) is 20.3 Å². The van der Waals surface area contributed by atoms with E-state index >= 15 is 0 Å². The molecule has 1 aromatic heterocycles. The largest absolute Gasteiger partial charge is 0.451 e. The fraction of sp³-hybridized carbons (Fsp3) is 0.368. The molecule has 0 aliphatic carbocycles. The fourth-order valence-electron chi connectivity index (χ4n) is 2.50. The third kappa shape index (κ3) is 4.64. The minimum Gasteiger partial charge on any atom is -0.451 e. The van der Waals surface area contributed by atoms with Crippen molar-refractivity contribution >= 4 is 17.4 Å². The van der Waals surface area contributed by atoms with Crippen LogP contribution < -0.4 is 20.1 Å². The molecule has 0 bridgehead atoms. The number of fused-ring (bicyclic) bond motifs is 1. The predicted octanol–water partition coefficient (Wildman–Crippen LogP) is 4.00. The lowest BCUT2D eigenvalue weighted by atomic mass is 9.97. The zero-order valence-corrected chi connectivity index (χ0v) is 15.5. The average molecular weight is 377 g/mol. The van der Waals surface area contributed by atoms with E-state index in [0.29, 0.717) is 12.3 Å². The van der Waals surface area contributed by atoms with Gasteiger partial charge in [-0.05, 0) is 17.5 Å². The summed E-state index contributed by atoms with van der Waals surface area (Å²) in [6.07, 6.45) is -0.571. The van der Waals surface area contributed by atoms with Crippen LogP contribution in [0.3, 0.4) is 0 Å². The van der Waals surface area contributed by atoms with Gasteiger partial charge in [0, 0.05) is 31.3 Å². The predicted molar refractivity (Wildman–Crippen MR) is 96.4 cm³/mol. The number of aromatic nitrogens is 1. The maximum atomic E-state index is 13.4. The maximum Gasteiger partial charge on any atom is 0.274 e. The molecule has 1 aliphatic heterocycles. The highest BCUT2D eigenvalue weighted by molar-refractivity contribution is 5.96. The molecule has 2 N–H and O–H groups in total. The van der Waals surface area contributed by atoms with Gasteiger partial charge in [-0.25, -0.2) is 13.8 Å². The van der Waals surface area contributed by atoms with E-state index in [2.05, 4.69) is 15.6 Å². The maximum absolute atomic E-state index is 13.4. The van der Waals surface area contributed by atoms with Crippen LogP contribution in [0.15, 0.2) is 24.3 Å². The number of benzene rings is 1. The number of halogens is 2. The van der Waals surface area contributed by atoms with Gasteiger partial charge in [0.15, 0.2) is 17.2 Å². The monoisotopic (exact) mass is 377 g/mol. The number of ether oxygens (including phenoxy) is 2. The van der Waals surface area contributed by atoms with Gasteiger partial charge >= 0.3 is 0 Å². The van der Waals surface area contributed by atoms with Crippen molar-refractivity contribution in [1.82, 2.24) is 10.3 Å². The van der Waals surface area contributed by atoms with Crippen molar-refractivity contribution in [3.63, 3.8) is 0 Å². The Bertz CT molecular complexity index is 861. The summed E-state index contributed by atoms with van der Waals surface area (Å²) in [4.78, 5) is 16.9. The lowest BCUT2D eigenvalue weighted by Gasteiger charge is -2.19. The third-order valence-electron chi connectivity index (χ3n) is 3.64. The molecule has 1 aliphatic rings. The zero-order chi connectivity index (χ0) is 19.8.